The van der Waals surface area contributed by atoms with E-state index in [-0.39, 0.29) is 11.9 Å². The number of benzene rings is 1. The number of piperidine rings is 1. The summed E-state index contributed by atoms with van der Waals surface area (Å²) in [6.45, 7) is 4.00. The Hall–Kier alpha value is -1.95. The maximum atomic E-state index is 12.4. The van der Waals surface area contributed by atoms with Crippen LogP contribution in [0.1, 0.15) is 43.0 Å². The molecule has 1 aromatic rings. The molecule has 1 fully saturated rings. The van der Waals surface area contributed by atoms with Crippen molar-refractivity contribution in [3.05, 3.63) is 28.8 Å². The molecule has 6 nitrogen and oxygen atoms in total. The highest BCUT2D eigenvalue weighted by atomic mass is 35.5. The van der Waals surface area contributed by atoms with E-state index < -0.39 is 5.66 Å². The van der Waals surface area contributed by atoms with Gasteiger partial charge in [-0.1, -0.05) is 31.0 Å². The second-order valence-electron chi connectivity index (χ2n) is 6.40. The third kappa shape index (κ3) is 3.29. The van der Waals surface area contributed by atoms with Gasteiger partial charge in [0.2, 0.25) is 0 Å². The van der Waals surface area contributed by atoms with Gasteiger partial charge in [0, 0.05) is 32.5 Å². The van der Waals surface area contributed by atoms with Gasteiger partial charge in [-0.25, -0.2) is 4.79 Å². The van der Waals surface area contributed by atoms with Crippen LogP contribution < -0.4 is 16.0 Å². The summed E-state index contributed by atoms with van der Waals surface area (Å²) in [5.41, 5.74) is 0.742. The molecule has 0 radical (unpaired) electrons. The van der Waals surface area contributed by atoms with Gasteiger partial charge in [-0.2, -0.15) is 0 Å². The summed E-state index contributed by atoms with van der Waals surface area (Å²) in [7, 11) is 0. The molecule has 0 saturated carbocycles. The lowest BCUT2D eigenvalue weighted by Crippen LogP contribution is -2.63. The summed E-state index contributed by atoms with van der Waals surface area (Å²) in [5, 5.41) is 9.85. The zero-order valence-electron chi connectivity index (χ0n) is 13.8. The molecule has 1 spiro atoms. The summed E-state index contributed by atoms with van der Waals surface area (Å²) >= 11 is 6.13. The number of likely N-dealkylation sites (tertiary alicyclic amines) is 1. The molecule has 2 heterocycles. The number of halogens is 1. The van der Waals surface area contributed by atoms with E-state index in [1.54, 1.807) is 6.07 Å². The molecule has 2 aliphatic rings. The van der Waals surface area contributed by atoms with Crippen LogP contribution in [0.15, 0.2) is 18.2 Å². The molecule has 3 N–H and O–H groups in total. The first-order valence-corrected chi connectivity index (χ1v) is 8.84. The number of anilines is 1. The Morgan fingerprint density at radius 3 is 2.79 bits per heavy atom. The van der Waals surface area contributed by atoms with E-state index in [0.29, 0.717) is 43.1 Å². The van der Waals surface area contributed by atoms with Gasteiger partial charge in [0.15, 0.2) is 0 Å². The Morgan fingerprint density at radius 1 is 1.33 bits per heavy atom. The SMILES string of the molecule is CCCCNC(=O)N1CCC2(CC1)NC(=O)c1c(Cl)cccc1N2. The van der Waals surface area contributed by atoms with Crippen molar-refractivity contribution in [1.29, 1.82) is 0 Å². The van der Waals surface area contributed by atoms with Crippen LogP contribution in [0.3, 0.4) is 0 Å². The molecule has 0 bridgehead atoms. The quantitative estimate of drug-likeness (QED) is 0.734. The van der Waals surface area contributed by atoms with Gasteiger partial charge in [0.05, 0.1) is 16.3 Å². The number of rotatable bonds is 3. The molecule has 0 atom stereocenters. The zero-order valence-corrected chi connectivity index (χ0v) is 14.6. The first-order chi connectivity index (χ1) is 11.5. The monoisotopic (exact) mass is 350 g/mol. The summed E-state index contributed by atoms with van der Waals surface area (Å²) in [4.78, 5) is 26.4. The standard InChI is InChI=1S/C17H23ClN4O2/c1-2-3-9-19-16(24)22-10-7-17(8-11-22)20-13-6-4-5-12(18)14(13)15(23)21-17/h4-6,20H,2-3,7-11H2,1H3,(H,19,24)(H,21,23). The van der Waals surface area contributed by atoms with Crippen LogP contribution >= 0.6 is 11.6 Å². The van der Waals surface area contributed by atoms with Crippen LogP contribution in [-0.2, 0) is 0 Å². The topological polar surface area (TPSA) is 73.5 Å². The largest absolute Gasteiger partial charge is 0.362 e. The summed E-state index contributed by atoms with van der Waals surface area (Å²) in [6.07, 6.45) is 3.36. The van der Waals surface area contributed by atoms with Crippen LogP contribution in [0.2, 0.25) is 5.02 Å². The summed E-state index contributed by atoms with van der Waals surface area (Å²) in [5.74, 6) is -0.157. The number of hydrogen-bond acceptors (Lipinski definition) is 3. The third-order valence-electron chi connectivity index (χ3n) is 4.68. The van der Waals surface area contributed by atoms with Crippen molar-refractivity contribution in [3.63, 3.8) is 0 Å². The third-order valence-corrected chi connectivity index (χ3v) is 4.99. The summed E-state index contributed by atoms with van der Waals surface area (Å²) in [6, 6.07) is 5.38. The Balaban J connectivity index is 1.64. The van der Waals surface area contributed by atoms with Crippen molar-refractivity contribution in [2.45, 2.75) is 38.3 Å². The van der Waals surface area contributed by atoms with E-state index in [1.807, 2.05) is 17.0 Å². The van der Waals surface area contributed by atoms with Crippen molar-refractivity contribution >= 4 is 29.2 Å². The van der Waals surface area contributed by atoms with Crippen LogP contribution in [0.4, 0.5) is 10.5 Å². The maximum Gasteiger partial charge on any atom is 0.317 e. The molecule has 1 aromatic carbocycles. The second kappa shape index (κ2) is 6.89. The number of hydrogen-bond donors (Lipinski definition) is 3. The molecule has 130 valence electrons. The molecule has 3 rings (SSSR count). The first-order valence-electron chi connectivity index (χ1n) is 8.47. The molecule has 7 heteroatoms. The Morgan fingerprint density at radius 2 is 2.08 bits per heavy atom. The molecule has 1 saturated heterocycles. The maximum absolute atomic E-state index is 12.4. The number of carbonyl (C=O) groups excluding carboxylic acids is 2. The van der Waals surface area contributed by atoms with E-state index in [0.717, 1.165) is 18.5 Å². The van der Waals surface area contributed by atoms with Crippen molar-refractivity contribution in [3.8, 4) is 0 Å². The normalized spacial score (nSPS) is 18.6. The highest BCUT2D eigenvalue weighted by Crippen LogP contribution is 2.34. The number of urea groups is 1. The molecular formula is C17H23ClN4O2. The fourth-order valence-electron chi connectivity index (χ4n) is 3.25. The number of nitrogens with zero attached hydrogens (tertiary/aromatic N) is 1. The van der Waals surface area contributed by atoms with Gasteiger partial charge in [-0.3, -0.25) is 4.79 Å². The predicted molar refractivity (Wildman–Crippen MR) is 94.4 cm³/mol. The summed E-state index contributed by atoms with van der Waals surface area (Å²) < 4.78 is 0. The van der Waals surface area contributed by atoms with E-state index in [2.05, 4.69) is 22.9 Å². The van der Waals surface area contributed by atoms with Crippen LogP contribution in [0, 0.1) is 0 Å². The predicted octanol–water partition coefficient (Wildman–Crippen LogP) is 2.80. The molecule has 0 aromatic heterocycles. The zero-order chi connectivity index (χ0) is 17.2. The van der Waals surface area contributed by atoms with Gasteiger partial charge in [-0.15, -0.1) is 0 Å². The van der Waals surface area contributed by atoms with Gasteiger partial charge in [0.1, 0.15) is 5.66 Å². The smallest absolute Gasteiger partial charge is 0.317 e. The molecule has 24 heavy (non-hydrogen) atoms. The van der Waals surface area contributed by atoms with Crippen molar-refractivity contribution in [2.24, 2.45) is 0 Å². The molecule has 0 unspecified atom stereocenters. The molecule has 3 amide bonds. The highest BCUT2D eigenvalue weighted by Gasteiger charge is 2.41. The first kappa shape index (κ1) is 16.9. The van der Waals surface area contributed by atoms with E-state index >= 15 is 0 Å². The number of amides is 3. The minimum absolute atomic E-state index is 0.0242. The molecular weight excluding hydrogens is 328 g/mol. The number of nitrogens with one attached hydrogen (secondary N) is 3. The highest BCUT2D eigenvalue weighted by molar-refractivity contribution is 6.34. The Kier molecular flexibility index (Phi) is 4.85. The lowest BCUT2D eigenvalue weighted by Gasteiger charge is -2.45. The fourth-order valence-corrected chi connectivity index (χ4v) is 3.51. The minimum Gasteiger partial charge on any atom is -0.362 e. The number of unbranched alkanes of at least 4 members (excludes halogenated alkanes) is 1. The minimum atomic E-state index is -0.505. The van der Waals surface area contributed by atoms with Gasteiger partial charge >= 0.3 is 6.03 Å². The van der Waals surface area contributed by atoms with Gasteiger partial charge < -0.3 is 20.9 Å². The van der Waals surface area contributed by atoms with Crippen LogP contribution in [-0.4, -0.2) is 42.1 Å². The molecule has 0 aliphatic carbocycles. The Labute approximate surface area is 146 Å². The van der Waals surface area contributed by atoms with Crippen LogP contribution in [0.25, 0.3) is 0 Å². The van der Waals surface area contributed by atoms with Gasteiger partial charge in [-0.05, 0) is 18.6 Å². The Bertz CT molecular complexity index is 641. The average molecular weight is 351 g/mol. The van der Waals surface area contributed by atoms with Gasteiger partial charge in [0.25, 0.3) is 5.91 Å². The second-order valence-corrected chi connectivity index (χ2v) is 6.80. The van der Waals surface area contributed by atoms with E-state index in [1.165, 1.54) is 0 Å². The lowest BCUT2D eigenvalue weighted by atomic mass is 9.92. The molecule has 2 aliphatic heterocycles. The van der Waals surface area contributed by atoms with Crippen molar-refractivity contribution in [2.75, 3.05) is 25.0 Å². The van der Waals surface area contributed by atoms with Crippen LogP contribution in [0.5, 0.6) is 0 Å². The number of fused-ring (bicyclic) bond motifs is 1. The fraction of sp³-hybridized carbons (Fsp3) is 0.529. The van der Waals surface area contributed by atoms with Crippen molar-refractivity contribution in [1.82, 2.24) is 15.5 Å². The van der Waals surface area contributed by atoms with E-state index in [9.17, 15) is 9.59 Å². The average Bonchev–Trinajstić information content (AvgIpc) is 2.55. The number of carbonyl (C=O) groups is 2. The van der Waals surface area contributed by atoms with E-state index in [4.69, 9.17) is 11.6 Å². The lowest BCUT2D eigenvalue weighted by molar-refractivity contribution is 0.0848. The van der Waals surface area contributed by atoms with Crippen molar-refractivity contribution < 1.29 is 9.59 Å².